The third kappa shape index (κ3) is 3.22. The van der Waals surface area contributed by atoms with Crippen LogP contribution in [-0.2, 0) is 7.05 Å². The number of aromatic nitrogens is 2. The molecule has 19 heavy (non-hydrogen) atoms. The average molecular weight is 326 g/mol. The van der Waals surface area contributed by atoms with Crippen molar-refractivity contribution < 1.29 is 4.39 Å². The highest BCUT2D eigenvalue weighted by atomic mass is 79.9. The van der Waals surface area contributed by atoms with Crippen LogP contribution in [0.4, 0.5) is 4.39 Å². The molecule has 1 heterocycles. The summed E-state index contributed by atoms with van der Waals surface area (Å²) in [4.78, 5) is 0. The molecule has 2 aromatic rings. The zero-order valence-electron chi connectivity index (χ0n) is 11.0. The van der Waals surface area contributed by atoms with Gasteiger partial charge in [-0.1, -0.05) is 19.1 Å². The van der Waals surface area contributed by atoms with Crippen molar-refractivity contribution in [3.8, 4) is 0 Å². The van der Waals surface area contributed by atoms with Crippen LogP contribution in [0.5, 0.6) is 0 Å². The van der Waals surface area contributed by atoms with E-state index in [0.717, 1.165) is 18.5 Å². The molecule has 2 rings (SSSR count). The normalized spacial score (nSPS) is 12.6. The van der Waals surface area contributed by atoms with Crippen molar-refractivity contribution in [3.63, 3.8) is 0 Å². The maximum Gasteiger partial charge on any atom is 0.142 e. The summed E-state index contributed by atoms with van der Waals surface area (Å²) >= 11 is 3.24. The first-order chi connectivity index (χ1) is 9.13. The fourth-order valence-corrected chi connectivity index (χ4v) is 2.41. The second-order valence-electron chi connectivity index (χ2n) is 4.48. The van der Waals surface area contributed by atoms with Crippen LogP contribution in [0.2, 0.25) is 0 Å². The lowest BCUT2D eigenvalue weighted by Crippen LogP contribution is -2.24. The molecule has 0 radical (unpaired) electrons. The fraction of sp³-hybridized carbons (Fsp3) is 0.357. The molecule has 1 atom stereocenters. The third-order valence-corrected chi connectivity index (χ3v) is 3.56. The van der Waals surface area contributed by atoms with Crippen LogP contribution in [0.3, 0.4) is 0 Å². The Labute approximate surface area is 121 Å². The molecule has 0 aliphatic carbocycles. The average Bonchev–Trinajstić information content (AvgIpc) is 2.81. The van der Waals surface area contributed by atoms with Gasteiger partial charge in [0.15, 0.2) is 0 Å². The van der Waals surface area contributed by atoms with Gasteiger partial charge in [0.2, 0.25) is 0 Å². The highest BCUT2D eigenvalue weighted by Gasteiger charge is 2.19. The van der Waals surface area contributed by atoms with E-state index in [-0.39, 0.29) is 11.9 Å². The Hall–Kier alpha value is -1.20. The van der Waals surface area contributed by atoms with E-state index < -0.39 is 0 Å². The number of rotatable bonds is 5. The molecule has 3 nitrogen and oxygen atoms in total. The smallest absolute Gasteiger partial charge is 0.142 e. The molecular formula is C14H17BrFN3. The lowest BCUT2D eigenvalue weighted by molar-refractivity contribution is 0.543. The van der Waals surface area contributed by atoms with Gasteiger partial charge >= 0.3 is 0 Å². The van der Waals surface area contributed by atoms with Crippen molar-refractivity contribution in [2.24, 2.45) is 7.05 Å². The van der Waals surface area contributed by atoms with Gasteiger partial charge < -0.3 is 5.32 Å². The minimum absolute atomic E-state index is 0.175. The van der Waals surface area contributed by atoms with E-state index in [1.165, 1.54) is 0 Å². The second kappa shape index (κ2) is 6.30. The molecule has 1 unspecified atom stereocenters. The molecule has 0 saturated carbocycles. The highest BCUT2D eigenvalue weighted by molar-refractivity contribution is 9.10. The van der Waals surface area contributed by atoms with Crippen molar-refractivity contribution >= 4 is 15.9 Å². The number of benzene rings is 1. The Bertz CT molecular complexity index is 553. The fourth-order valence-electron chi connectivity index (χ4n) is 2.03. The van der Waals surface area contributed by atoms with Gasteiger partial charge in [0.1, 0.15) is 5.82 Å². The Morgan fingerprint density at radius 1 is 1.47 bits per heavy atom. The molecule has 1 N–H and O–H groups in total. The quantitative estimate of drug-likeness (QED) is 0.912. The van der Waals surface area contributed by atoms with Crippen LogP contribution in [0.25, 0.3) is 0 Å². The van der Waals surface area contributed by atoms with Crippen LogP contribution in [-0.4, -0.2) is 16.3 Å². The van der Waals surface area contributed by atoms with E-state index in [9.17, 15) is 4.39 Å². The van der Waals surface area contributed by atoms with Gasteiger partial charge in [0.25, 0.3) is 0 Å². The molecule has 0 saturated heterocycles. The first kappa shape index (κ1) is 14.2. The predicted octanol–water partition coefficient (Wildman–Crippen LogP) is 3.41. The molecule has 102 valence electrons. The number of hydrogen-bond acceptors (Lipinski definition) is 2. The maximum atomic E-state index is 14.3. The molecule has 0 fully saturated rings. The predicted molar refractivity (Wildman–Crippen MR) is 77.4 cm³/mol. The lowest BCUT2D eigenvalue weighted by Gasteiger charge is -2.18. The number of nitrogens with zero attached hydrogens (tertiary/aromatic N) is 2. The molecule has 1 aromatic carbocycles. The minimum Gasteiger partial charge on any atom is -0.306 e. The third-order valence-electron chi connectivity index (χ3n) is 2.95. The van der Waals surface area contributed by atoms with Crippen LogP contribution >= 0.6 is 15.9 Å². The van der Waals surface area contributed by atoms with Crippen LogP contribution in [0.1, 0.15) is 30.5 Å². The van der Waals surface area contributed by atoms with E-state index in [1.54, 1.807) is 23.0 Å². The van der Waals surface area contributed by atoms with Crippen molar-refractivity contribution in [2.75, 3.05) is 6.54 Å². The second-order valence-corrected chi connectivity index (χ2v) is 5.33. The van der Waals surface area contributed by atoms with Gasteiger partial charge in [0, 0.05) is 24.4 Å². The van der Waals surface area contributed by atoms with Crippen molar-refractivity contribution in [1.82, 2.24) is 15.1 Å². The standard InChI is InChI=1S/C14H17BrFN3/c1-3-7-17-14(10-8-18-19(2)9-10)11-5-4-6-12(15)13(11)16/h4-6,8-9,14,17H,3,7H2,1-2H3. The van der Waals surface area contributed by atoms with Gasteiger partial charge in [-0.2, -0.15) is 5.10 Å². The van der Waals surface area contributed by atoms with Crippen molar-refractivity contribution in [1.29, 1.82) is 0 Å². The summed E-state index contributed by atoms with van der Waals surface area (Å²) < 4.78 is 16.5. The van der Waals surface area contributed by atoms with E-state index in [2.05, 4.69) is 33.3 Å². The minimum atomic E-state index is -0.222. The van der Waals surface area contributed by atoms with Crippen LogP contribution < -0.4 is 5.32 Å². The van der Waals surface area contributed by atoms with Gasteiger partial charge in [-0.25, -0.2) is 4.39 Å². The summed E-state index contributed by atoms with van der Waals surface area (Å²) in [6.45, 7) is 2.91. The molecule has 0 aliphatic rings. The lowest BCUT2D eigenvalue weighted by atomic mass is 10.0. The van der Waals surface area contributed by atoms with E-state index >= 15 is 0 Å². The molecule has 1 aromatic heterocycles. The molecule has 5 heteroatoms. The Balaban J connectivity index is 2.39. The monoisotopic (exact) mass is 325 g/mol. The molecule has 0 spiro atoms. The first-order valence-corrected chi connectivity index (χ1v) is 7.08. The number of hydrogen-bond donors (Lipinski definition) is 1. The Kier molecular flexibility index (Phi) is 4.71. The molecule has 0 amide bonds. The van der Waals surface area contributed by atoms with E-state index in [4.69, 9.17) is 0 Å². The van der Waals surface area contributed by atoms with Crippen LogP contribution in [0.15, 0.2) is 35.1 Å². The number of aryl methyl sites for hydroxylation is 1. The summed E-state index contributed by atoms with van der Waals surface area (Å²) in [5.74, 6) is -0.222. The van der Waals surface area contributed by atoms with Gasteiger partial charge in [0.05, 0.1) is 16.7 Å². The molecular weight excluding hydrogens is 309 g/mol. The first-order valence-electron chi connectivity index (χ1n) is 6.29. The van der Waals surface area contributed by atoms with E-state index in [0.29, 0.717) is 10.0 Å². The SMILES string of the molecule is CCCNC(c1cnn(C)c1)c1cccc(Br)c1F. The zero-order valence-corrected chi connectivity index (χ0v) is 12.6. The summed E-state index contributed by atoms with van der Waals surface area (Å²) in [7, 11) is 1.86. The van der Waals surface area contributed by atoms with Crippen molar-refractivity contribution in [3.05, 3.63) is 52.0 Å². The zero-order chi connectivity index (χ0) is 13.8. The van der Waals surface area contributed by atoms with Crippen LogP contribution in [0, 0.1) is 5.82 Å². The van der Waals surface area contributed by atoms with Crippen molar-refractivity contribution in [2.45, 2.75) is 19.4 Å². The molecule has 0 aliphatic heterocycles. The number of nitrogens with one attached hydrogen (secondary N) is 1. The highest BCUT2D eigenvalue weighted by Crippen LogP contribution is 2.28. The Morgan fingerprint density at radius 2 is 2.26 bits per heavy atom. The summed E-state index contributed by atoms with van der Waals surface area (Å²) in [6, 6.07) is 5.19. The van der Waals surface area contributed by atoms with Gasteiger partial charge in [-0.05, 0) is 35.0 Å². The maximum absolute atomic E-state index is 14.3. The summed E-state index contributed by atoms with van der Waals surface area (Å²) in [5, 5.41) is 7.53. The largest absolute Gasteiger partial charge is 0.306 e. The number of halogens is 2. The summed E-state index contributed by atoms with van der Waals surface area (Å²) in [5.41, 5.74) is 1.60. The van der Waals surface area contributed by atoms with Gasteiger partial charge in [-0.15, -0.1) is 0 Å². The summed E-state index contributed by atoms with van der Waals surface area (Å²) in [6.07, 6.45) is 4.67. The Morgan fingerprint density at radius 3 is 2.89 bits per heavy atom. The topological polar surface area (TPSA) is 29.9 Å². The molecule has 0 bridgehead atoms. The van der Waals surface area contributed by atoms with E-state index in [1.807, 2.05) is 19.3 Å². The van der Waals surface area contributed by atoms with Gasteiger partial charge in [-0.3, -0.25) is 4.68 Å².